The van der Waals surface area contributed by atoms with Crippen LogP contribution in [0.2, 0.25) is 0 Å². The molecule has 0 unspecified atom stereocenters. The van der Waals surface area contributed by atoms with Crippen molar-refractivity contribution in [2.45, 2.75) is 25.7 Å². The van der Waals surface area contributed by atoms with E-state index in [2.05, 4.69) is 21.0 Å². The number of rotatable bonds is 7. The summed E-state index contributed by atoms with van der Waals surface area (Å²) in [7, 11) is 1.87. The molecule has 2 heterocycles. The van der Waals surface area contributed by atoms with E-state index in [0.29, 0.717) is 26.1 Å². The highest BCUT2D eigenvalue weighted by Crippen LogP contribution is 2.27. The zero-order chi connectivity index (χ0) is 15.9. The van der Waals surface area contributed by atoms with Crippen molar-refractivity contribution in [1.29, 1.82) is 0 Å². The molecule has 0 bridgehead atoms. The maximum Gasteiger partial charge on any atom is 0.225 e. The molecule has 1 aliphatic rings. The van der Waals surface area contributed by atoms with Crippen LogP contribution in [0.4, 0.5) is 0 Å². The molecular formula is C15H25N5O2. The van der Waals surface area contributed by atoms with E-state index in [1.807, 2.05) is 26.4 Å². The van der Waals surface area contributed by atoms with Gasteiger partial charge in [0.15, 0.2) is 0 Å². The second kappa shape index (κ2) is 7.93. The highest BCUT2D eigenvalue weighted by Gasteiger charge is 2.34. The first kappa shape index (κ1) is 16.5. The van der Waals surface area contributed by atoms with Crippen LogP contribution in [-0.4, -0.2) is 47.8 Å². The van der Waals surface area contributed by atoms with Gasteiger partial charge in [0, 0.05) is 51.8 Å². The normalized spacial score (nSPS) is 20.8. The maximum atomic E-state index is 12.3. The van der Waals surface area contributed by atoms with Crippen LogP contribution in [0.3, 0.4) is 0 Å². The first-order valence-electron chi connectivity index (χ1n) is 7.85. The molecule has 0 radical (unpaired) electrons. The Morgan fingerprint density at radius 1 is 1.36 bits per heavy atom. The average molecular weight is 307 g/mol. The lowest BCUT2D eigenvalue weighted by atomic mass is 9.90. The minimum absolute atomic E-state index is 0.00199. The highest BCUT2D eigenvalue weighted by atomic mass is 16.2. The van der Waals surface area contributed by atoms with Gasteiger partial charge in [-0.2, -0.15) is 5.10 Å². The van der Waals surface area contributed by atoms with Gasteiger partial charge in [0.05, 0.1) is 12.1 Å². The van der Waals surface area contributed by atoms with Crippen molar-refractivity contribution in [3.63, 3.8) is 0 Å². The Morgan fingerprint density at radius 2 is 2.18 bits per heavy atom. The molecule has 22 heavy (non-hydrogen) atoms. The van der Waals surface area contributed by atoms with Crippen LogP contribution in [0.15, 0.2) is 12.4 Å². The first-order chi connectivity index (χ1) is 10.6. The third-order valence-corrected chi connectivity index (χ3v) is 3.93. The van der Waals surface area contributed by atoms with Crippen molar-refractivity contribution in [1.82, 2.24) is 25.7 Å². The highest BCUT2D eigenvalue weighted by molar-refractivity contribution is 5.81. The summed E-state index contributed by atoms with van der Waals surface area (Å²) in [4.78, 5) is 23.8. The Labute approximate surface area is 130 Å². The lowest BCUT2D eigenvalue weighted by molar-refractivity contribution is -0.125. The predicted octanol–water partition coefficient (Wildman–Crippen LogP) is -0.244. The topological polar surface area (TPSA) is 88.1 Å². The van der Waals surface area contributed by atoms with Crippen molar-refractivity contribution in [2.24, 2.45) is 13.0 Å². The Kier molecular flexibility index (Phi) is 5.94. The Morgan fingerprint density at radius 3 is 2.86 bits per heavy atom. The van der Waals surface area contributed by atoms with E-state index in [4.69, 9.17) is 0 Å². The van der Waals surface area contributed by atoms with E-state index in [9.17, 15) is 9.59 Å². The van der Waals surface area contributed by atoms with Crippen LogP contribution in [0.5, 0.6) is 0 Å². The standard InChI is InChI=1S/C15H25N5O2/c1-3-5-17-14(21)4-6-18-15(22)13-9-16-8-12(13)11-7-19-20(2)10-11/h7,10,12-13,16H,3-6,8-9H2,1-2H3,(H,17,21)(H,18,22)/t12-,13+/m1/s1. The summed E-state index contributed by atoms with van der Waals surface area (Å²) in [6.45, 7) is 4.51. The van der Waals surface area contributed by atoms with Gasteiger partial charge in [0.1, 0.15) is 0 Å². The molecule has 1 saturated heterocycles. The molecule has 7 nitrogen and oxygen atoms in total. The van der Waals surface area contributed by atoms with Crippen molar-refractivity contribution in [3.05, 3.63) is 18.0 Å². The molecule has 1 aliphatic heterocycles. The van der Waals surface area contributed by atoms with Crippen molar-refractivity contribution in [2.75, 3.05) is 26.2 Å². The molecule has 2 atom stereocenters. The van der Waals surface area contributed by atoms with Gasteiger partial charge >= 0.3 is 0 Å². The molecule has 0 saturated carbocycles. The molecule has 1 aromatic heterocycles. The zero-order valence-electron chi connectivity index (χ0n) is 13.3. The Bertz CT molecular complexity index is 514. The van der Waals surface area contributed by atoms with Crippen LogP contribution in [0, 0.1) is 5.92 Å². The van der Waals surface area contributed by atoms with Crippen LogP contribution in [-0.2, 0) is 16.6 Å². The number of nitrogens with one attached hydrogen (secondary N) is 3. The maximum absolute atomic E-state index is 12.3. The molecule has 1 aromatic rings. The van der Waals surface area contributed by atoms with Gasteiger partial charge in [-0.1, -0.05) is 6.92 Å². The van der Waals surface area contributed by atoms with E-state index in [0.717, 1.165) is 18.5 Å². The van der Waals surface area contributed by atoms with E-state index in [1.165, 1.54) is 0 Å². The lowest BCUT2D eigenvalue weighted by Gasteiger charge is -2.17. The van der Waals surface area contributed by atoms with Gasteiger partial charge in [-0.05, 0) is 12.0 Å². The number of hydrogen-bond acceptors (Lipinski definition) is 4. The second-order valence-electron chi connectivity index (χ2n) is 5.71. The molecule has 1 fully saturated rings. The van der Waals surface area contributed by atoms with Crippen molar-refractivity contribution < 1.29 is 9.59 Å². The molecule has 0 aromatic carbocycles. The molecule has 3 N–H and O–H groups in total. The third-order valence-electron chi connectivity index (χ3n) is 3.93. The summed E-state index contributed by atoms with van der Waals surface area (Å²) in [6, 6.07) is 0. The molecule has 2 amide bonds. The predicted molar refractivity (Wildman–Crippen MR) is 83.2 cm³/mol. The smallest absolute Gasteiger partial charge is 0.225 e. The number of carbonyl (C=O) groups is 2. The number of aryl methyl sites for hydroxylation is 1. The summed E-state index contributed by atoms with van der Waals surface area (Å²) in [5.41, 5.74) is 1.08. The largest absolute Gasteiger partial charge is 0.356 e. The first-order valence-corrected chi connectivity index (χ1v) is 7.85. The van der Waals surface area contributed by atoms with Crippen molar-refractivity contribution in [3.8, 4) is 0 Å². The van der Waals surface area contributed by atoms with E-state index in [1.54, 1.807) is 4.68 Å². The monoisotopic (exact) mass is 307 g/mol. The quantitative estimate of drug-likeness (QED) is 0.648. The Balaban J connectivity index is 1.80. The SMILES string of the molecule is CCCNC(=O)CCNC(=O)[C@H]1CNC[C@@H]1c1cnn(C)c1. The van der Waals surface area contributed by atoms with Gasteiger partial charge < -0.3 is 16.0 Å². The minimum atomic E-state index is -0.108. The van der Waals surface area contributed by atoms with Crippen molar-refractivity contribution >= 4 is 11.8 Å². The summed E-state index contributed by atoms with van der Waals surface area (Å²) < 4.78 is 1.75. The lowest BCUT2D eigenvalue weighted by Crippen LogP contribution is -2.37. The molecule has 7 heteroatoms. The Hall–Kier alpha value is -1.89. The van der Waals surface area contributed by atoms with Gasteiger partial charge in [-0.3, -0.25) is 14.3 Å². The molecular weight excluding hydrogens is 282 g/mol. The molecule has 0 spiro atoms. The second-order valence-corrected chi connectivity index (χ2v) is 5.71. The van der Waals surface area contributed by atoms with Gasteiger partial charge in [0.2, 0.25) is 11.8 Å². The fourth-order valence-corrected chi connectivity index (χ4v) is 2.72. The van der Waals surface area contributed by atoms with Crippen LogP contribution >= 0.6 is 0 Å². The third kappa shape index (κ3) is 4.30. The number of nitrogens with zero attached hydrogens (tertiary/aromatic N) is 2. The average Bonchev–Trinajstić information content (AvgIpc) is 3.13. The summed E-state index contributed by atoms with van der Waals surface area (Å²) >= 11 is 0. The fraction of sp³-hybridized carbons (Fsp3) is 0.667. The number of aromatic nitrogens is 2. The summed E-state index contributed by atoms with van der Waals surface area (Å²) in [5.74, 6) is 0.0168. The number of hydrogen-bond donors (Lipinski definition) is 3. The van der Waals surface area contributed by atoms with Gasteiger partial charge in [0.25, 0.3) is 0 Å². The number of amides is 2. The van der Waals surface area contributed by atoms with Gasteiger partial charge in [-0.25, -0.2) is 0 Å². The summed E-state index contributed by atoms with van der Waals surface area (Å²) in [5, 5.41) is 13.1. The summed E-state index contributed by atoms with van der Waals surface area (Å²) in [6.07, 6.45) is 5.01. The van der Waals surface area contributed by atoms with Crippen LogP contribution < -0.4 is 16.0 Å². The fourth-order valence-electron chi connectivity index (χ4n) is 2.72. The van der Waals surface area contributed by atoms with E-state index >= 15 is 0 Å². The van der Waals surface area contributed by atoms with Gasteiger partial charge in [-0.15, -0.1) is 0 Å². The minimum Gasteiger partial charge on any atom is -0.356 e. The van der Waals surface area contributed by atoms with E-state index < -0.39 is 0 Å². The van der Waals surface area contributed by atoms with Crippen LogP contribution in [0.1, 0.15) is 31.2 Å². The van der Waals surface area contributed by atoms with Crippen LogP contribution in [0.25, 0.3) is 0 Å². The molecule has 2 rings (SSSR count). The molecule has 122 valence electrons. The van der Waals surface area contributed by atoms with E-state index in [-0.39, 0.29) is 23.7 Å². The molecule has 0 aliphatic carbocycles. The zero-order valence-corrected chi connectivity index (χ0v) is 13.3. The number of carbonyl (C=O) groups excluding carboxylic acids is 2.